The quantitative estimate of drug-likeness (QED) is 0.0146. The lowest BCUT2D eigenvalue weighted by Gasteiger charge is -2.21. The van der Waals surface area contributed by atoms with E-state index in [0.29, 0.717) is 19.3 Å². The molecule has 0 aromatic rings. The van der Waals surface area contributed by atoms with E-state index < -0.39 is 91.5 Å². The smallest absolute Gasteiger partial charge is 0.463 e. The van der Waals surface area contributed by atoms with Gasteiger partial charge in [-0.15, -0.1) is 0 Å². The van der Waals surface area contributed by atoms with Crippen LogP contribution in [0.15, 0.2) is 134 Å². The van der Waals surface area contributed by atoms with Crippen LogP contribution < -0.4 is 0 Å². The molecular formula is C95H166O16P2. The first-order valence-corrected chi connectivity index (χ1v) is 48.5. The zero-order valence-electron chi connectivity index (χ0n) is 71.8. The predicted molar refractivity (Wildman–Crippen MR) is 473 cm³/mol. The van der Waals surface area contributed by atoms with Gasteiger partial charge < -0.3 is 34.2 Å². The van der Waals surface area contributed by atoms with Gasteiger partial charge >= 0.3 is 33.6 Å². The Hall–Kier alpha value is -4.31. The van der Waals surface area contributed by atoms with Crippen molar-refractivity contribution in [3.05, 3.63) is 134 Å². The number of ether oxygens (including phenoxy) is 3. The van der Waals surface area contributed by atoms with Gasteiger partial charge in [0.15, 0.2) is 6.10 Å². The minimum atomic E-state index is -4.93. The summed E-state index contributed by atoms with van der Waals surface area (Å²) in [5.41, 5.74) is 0. The predicted octanol–water partition coefficient (Wildman–Crippen LogP) is 27.8. The van der Waals surface area contributed by atoms with E-state index in [2.05, 4.69) is 154 Å². The third-order valence-corrected chi connectivity index (χ3v) is 21.2. The Kier molecular flexibility index (Phi) is 83.7. The van der Waals surface area contributed by atoms with Crippen LogP contribution in [-0.4, -0.2) is 95.9 Å². The van der Waals surface area contributed by atoms with Gasteiger partial charge in [-0.1, -0.05) is 373 Å². The Morgan fingerprint density at radius 3 is 0.779 bits per heavy atom. The number of rotatable bonds is 86. The summed E-state index contributed by atoms with van der Waals surface area (Å²) in [6, 6.07) is 0. The number of carbonyl (C=O) groups is 3. The Morgan fingerprint density at radius 1 is 0.257 bits per heavy atom. The van der Waals surface area contributed by atoms with E-state index in [1.807, 2.05) is 0 Å². The van der Waals surface area contributed by atoms with Crippen molar-refractivity contribution in [2.24, 2.45) is 0 Å². The van der Waals surface area contributed by atoms with Crippen molar-refractivity contribution in [3.63, 3.8) is 0 Å². The number of phosphoric acid groups is 2. The van der Waals surface area contributed by atoms with Crippen LogP contribution in [0.4, 0.5) is 0 Å². The van der Waals surface area contributed by atoms with E-state index in [1.165, 1.54) is 186 Å². The lowest BCUT2D eigenvalue weighted by atomic mass is 10.0. The third-order valence-electron chi connectivity index (χ3n) is 19.3. The molecule has 4 N–H and O–H groups in total. The van der Waals surface area contributed by atoms with E-state index in [9.17, 15) is 43.5 Å². The van der Waals surface area contributed by atoms with Crippen LogP contribution in [-0.2, 0) is 55.8 Å². The second kappa shape index (κ2) is 87.0. The molecule has 0 radical (unpaired) electrons. The summed E-state index contributed by atoms with van der Waals surface area (Å²) >= 11 is 0. The average Bonchev–Trinajstić information content (AvgIpc) is 0.897. The van der Waals surface area contributed by atoms with Crippen LogP contribution in [0, 0.1) is 0 Å². The Labute approximate surface area is 690 Å². The fraction of sp³-hybridized carbons (Fsp3) is 0.737. The van der Waals surface area contributed by atoms with Crippen molar-refractivity contribution < 1.29 is 75.8 Å². The van der Waals surface area contributed by atoms with Gasteiger partial charge in [-0.3, -0.25) is 32.5 Å². The second-order valence-corrected chi connectivity index (χ2v) is 33.3. The van der Waals surface area contributed by atoms with Crippen molar-refractivity contribution in [2.75, 3.05) is 39.6 Å². The van der Waals surface area contributed by atoms with Crippen molar-refractivity contribution >= 4 is 33.6 Å². The standard InChI is InChI=1S/C95H166O16P2/c1-4-7-10-13-16-19-22-24-26-28-30-32-34-36-38-40-42-43-44-45-47-49-50-52-54-56-58-60-62-64-67-69-72-75-78-81-93(98)105-84-90(96)85-107-112(101,102)108-86-91(97)87-109-113(103,104)110-89-92(111-95(100)83-80-77-74-71-66-21-18-15-12-9-6-3)88-106-94(99)82-79-76-73-70-68-65-63-61-59-57-55-53-51-48-46-41-39-37-35-33-31-29-27-25-23-20-17-14-11-8-5-2/h8,11,15-20,24-27,30-33,36-39,46,48,90-92,96-97H,4-7,9-10,12-14,21-23,28-29,34-35,40-45,47,49-89H2,1-3H3,(H,101,102)(H,103,104)/b11-8-,18-15-,19-16-,20-17-,26-24-,27-25-,32-30-,33-31-,38-36-,39-37-,48-46-. The fourth-order valence-corrected chi connectivity index (χ4v) is 14.0. The molecule has 0 aliphatic rings. The van der Waals surface area contributed by atoms with Crippen LogP contribution in [0.2, 0.25) is 0 Å². The van der Waals surface area contributed by atoms with Crippen LogP contribution in [0.5, 0.6) is 0 Å². The number of aliphatic hydroxyl groups excluding tert-OH is 2. The molecule has 0 aliphatic heterocycles. The summed E-state index contributed by atoms with van der Waals surface area (Å²) in [5, 5.41) is 20.7. The monoisotopic (exact) mass is 1630 g/mol. The molecule has 5 unspecified atom stereocenters. The minimum absolute atomic E-state index is 0.0932. The van der Waals surface area contributed by atoms with Crippen molar-refractivity contribution in [2.45, 2.75) is 411 Å². The highest BCUT2D eigenvalue weighted by Crippen LogP contribution is 2.45. The van der Waals surface area contributed by atoms with Gasteiger partial charge in [-0.05, 0) is 135 Å². The van der Waals surface area contributed by atoms with Crippen LogP contribution in [0.3, 0.4) is 0 Å². The van der Waals surface area contributed by atoms with Crippen molar-refractivity contribution in [1.29, 1.82) is 0 Å². The van der Waals surface area contributed by atoms with E-state index >= 15 is 0 Å². The first-order valence-electron chi connectivity index (χ1n) is 45.5. The number of aliphatic hydroxyl groups is 2. The number of hydrogen-bond donors (Lipinski definition) is 4. The molecule has 113 heavy (non-hydrogen) atoms. The molecule has 5 atom stereocenters. The molecule has 652 valence electrons. The number of unbranched alkanes of at least 4 members (excludes halogenated alkanes) is 41. The highest BCUT2D eigenvalue weighted by Gasteiger charge is 2.29. The summed E-state index contributed by atoms with van der Waals surface area (Å²) < 4.78 is 61.3. The Balaban J connectivity index is 4.32. The maximum absolute atomic E-state index is 13.0. The van der Waals surface area contributed by atoms with Crippen LogP contribution in [0.25, 0.3) is 0 Å². The average molecular weight is 1630 g/mol. The maximum Gasteiger partial charge on any atom is 0.472 e. The van der Waals surface area contributed by atoms with Crippen LogP contribution in [0.1, 0.15) is 393 Å². The van der Waals surface area contributed by atoms with Gasteiger partial charge in [-0.25, -0.2) is 9.13 Å². The molecule has 18 heteroatoms. The van der Waals surface area contributed by atoms with Gasteiger partial charge in [0.2, 0.25) is 0 Å². The maximum atomic E-state index is 13.0. The molecule has 0 aliphatic carbocycles. The molecule has 0 fully saturated rings. The molecule has 0 bridgehead atoms. The SMILES string of the molecule is CC/C=C\C/C=C\C/C=C\C/C=C\C/C=C\C/C=C\CCCCCCCCCCCCCCC(=O)OCC(COP(=O)(O)OCC(O)COP(=O)(O)OCC(O)COC(=O)CCCCCCCCCCCCCCCCCCCCC/C=C\C/C=C\C/C=C\C/C=C\CCCCC)OC(=O)CCCCCCC/C=C\CCCC. The van der Waals surface area contributed by atoms with Gasteiger partial charge in [0.1, 0.15) is 25.4 Å². The summed E-state index contributed by atoms with van der Waals surface area (Å²) in [4.78, 5) is 58.7. The summed E-state index contributed by atoms with van der Waals surface area (Å²) in [5.74, 6) is -1.58. The number of allylic oxidation sites excluding steroid dienone is 22. The number of esters is 3. The molecule has 16 nitrogen and oxygen atoms in total. The van der Waals surface area contributed by atoms with Crippen molar-refractivity contribution in [1.82, 2.24) is 0 Å². The topological polar surface area (TPSA) is 231 Å². The number of carbonyl (C=O) groups excluding carboxylic acids is 3. The van der Waals surface area contributed by atoms with E-state index in [-0.39, 0.29) is 19.3 Å². The lowest BCUT2D eigenvalue weighted by Crippen LogP contribution is -2.30. The number of hydrogen-bond acceptors (Lipinski definition) is 14. The van der Waals surface area contributed by atoms with Gasteiger partial charge in [0, 0.05) is 19.3 Å². The van der Waals surface area contributed by atoms with E-state index in [1.54, 1.807) is 0 Å². The lowest BCUT2D eigenvalue weighted by molar-refractivity contribution is -0.161. The zero-order valence-corrected chi connectivity index (χ0v) is 73.6. The first-order chi connectivity index (χ1) is 55.2. The molecule has 0 heterocycles. The second-order valence-electron chi connectivity index (χ2n) is 30.4. The summed E-state index contributed by atoms with van der Waals surface area (Å²) in [7, 11) is -9.79. The summed E-state index contributed by atoms with van der Waals surface area (Å²) in [6.45, 7) is 2.53. The molecule has 0 rings (SSSR count). The molecular weight excluding hydrogens is 1460 g/mol. The Morgan fingerprint density at radius 2 is 0.478 bits per heavy atom. The first kappa shape index (κ1) is 109. The largest absolute Gasteiger partial charge is 0.472 e. The Bertz CT molecular complexity index is 2580. The molecule has 0 saturated heterocycles. The molecule has 0 spiro atoms. The van der Waals surface area contributed by atoms with Crippen LogP contribution >= 0.6 is 15.6 Å². The van der Waals surface area contributed by atoms with Crippen molar-refractivity contribution in [3.8, 4) is 0 Å². The third kappa shape index (κ3) is 88.3. The zero-order chi connectivity index (χ0) is 82.2. The molecule has 0 saturated carbocycles. The highest BCUT2D eigenvalue weighted by atomic mass is 31.2. The molecule has 0 aromatic heterocycles. The van der Waals surface area contributed by atoms with Gasteiger partial charge in [-0.2, -0.15) is 0 Å². The van der Waals surface area contributed by atoms with E-state index in [0.717, 1.165) is 148 Å². The normalized spacial score (nSPS) is 14.4. The summed E-state index contributed by atoms with van der Waals surface area (Å²) in [6.07, 6.45) is 108. The molecule has 0 aromatic carbocycles. The number of phosphoric ester groups is 2. The highest BCUT2D eigenvalue weighted by molar-refractivity contribution is 7.47. The minimum Gasteiger partial charge on any atom is -0.463 e. The van der Waals surface area contributed by atoms with Gasteiger partial charge in [0.05, 0.1) is 26.4 Å². The molecule has 0 amide bonds. The van der Waals surface area contributed by atoms with E-state index in [4.69, 9.17) is 32.3 Å². The fourth-order valence-electron chi connectivity index (χ4n) is 12.4. The van der Waals surface area contributed by atoms with Gasteiger partial charge in [0.25, 0.3) is 0 Å².